The van der Waals surface area contributed by atoms with Crippen LogP contribution in [0.5, 0.6) is 0 Å². The summed E-state index contributed by atoms with van der Waals surface area (Å²) in [5, 5.41) is 10.2. The second kappa shape index (κ2) is 7.42. The van der Waals surface area contributed by atoms with E-state index in [0.717, 1.165) is 52.2 Å². The van der Waals surface area contributed by atoms with E-state index in [1.165, 1.54) is 0 Å². The van der Waals surface area contributed by atoms with Crippen molar-refractivity contribution in [1.82, 2.24) is 19.4 Å². The Kier molecular flexibility index (Phi) is 5.30. The molecule has 2 aliphatic rings. The summed E-state index contributed by atoms with van der Waals surface area (Å²) in [5.74, 6) is 0.558. The van der Waals surface area contributed by atoms with Gasteiger partial charge in [-0.15, -0.1) is 0 Å². The molecule has 0 radical (unpaired) electrons. The normalized spacial score (nSPS) is 22.3. The Morgan fingerprint density at radius 2 is 2.04 bits per heavy atom. The standard InChI is InChI=1S/C16H26N4O3/c1-18-7-4-17-16(18)14(21)12-15(22)20-5-2-13(3-6-20)19-8-10-23-11-9-19/h4,7,13-14,21H,2-3,5-6,8-12H2,1H3/t14-/m0/s1. The van der Waals surface area contributed by atoms with E-state index in [9.17, 15) is 9.90 Å². The number of likely N-dealkylation sites (tertiary alicyclic amines) is 1. The summed E-state index contributed by atoms with van der Waals surface area (Å²) < 4.78 is 7.15. The Labute approximate surface area is 136 Å². The Morgan fingerprint density at radius 3 is 2.65 bits per heavy atom. The van der Waals surface area contributed by atoms with Gasteiger partial charge in [-0.2, -0.15) is 0 Å². The van der Waals surface area contributed by atoms with Crippen molar-refractivity contribution >= 4 is 5.91 Å². The van der Waals surface area contributed by atoms with E-state index in [1.54, 1.807) is 17.0 Å². The first-order valence-corrected chi connectivity index (χ1v) is 8.40. The van der Waals surface area contributed by atoms with Crippen molar-refractivity contribution in [2.75, 3.05) is 39.4 Å². The van der Waals surface area contributed by atoms with Gasteiger partial charge >= 0.3 is 0 Å². The SMILES string of the molecule is Cn1ccnc1[C@@H](O)CC(=O)N1CCC(N2CCOCC2)CC1. The number of amides is 1. The molecule has 2 saturated heterocycles. The minimum Gasteiger partial charge on any atom is -0.385 e. The Morgan fingerprint density at radius 1 is 1.35 bits per heavy atom. The molecule has 3 heterocycles. The van der Waals surface area contributed by atoms with Gasteiger partial charge in [-0.1, -0.05) is 0 Å². The van der Waals surface area contributed by atoms with Gasteiger partial charge in [-0.05, 0) is 12.8 Å². The molecule has 23 heavy (non-hydrogen) atoms. The van der Waals surface area contributed by atoms with Crippen LogP contribution in [-0.2, 0) is 16.6 Å². The van der Waals surface area contributed by atoms with Gasteiger partial charge in [0.2, 0.25) is 5.91 Å². The molecular formula is C16H26N4O3. The number of aromatic nitrogens is 2. The highest BCUT2D eigenvalue weighted by atomic mass is 16.5. The summed E-state index contributed by atoms with van der Waals surface area (Å²) in [7, 11) is 1.82. The van der Waals surface area contributed by atoms with E-state index in [1.807, 2.05) is 11.9 Å². The summed E-state index contributed by atoms with van der Waals surface area (Å²) in [4.78, 5) is 20.9. The summed E-state index contributed by atoms with van der Waals surface area (Å²) in [5.41, 5.74) is 0. The third-order valence-corrected chi connectivity index (χ3v) is 4.90. The number of morpholine rings is 1. The zero-order valence-electron chi connectivity index (χ0n) is 13.7. The van der Waals surface area contributed by atoms with Crippen LogP contribution in [0.1, 0.15) is 31.2 Å². The van der Waals surface area contributed by atoms with E-state index in [4.69, 9.17) is 4.74 Å². The van der Waals surface area contributed by atoms with Crippen molar-refractivity contribution in [1.29, 1.82) is 0 Å². The van der Waals surface area contributed by atoms with Crippen LogP contribution in [0, 0.1) is 0 Å². The number of rotatable bonds is 4. The number of carbonyl (C=O) groups excluding carboxylic acids is 1. The number of hydrogen-bond acceptors (Lipinski definition) is 5. The fourth-order valence-corrected chi connectivity index (χ4v) is 3.51. The third-order valence-electron chi connectivity index (χ3n) is 4.90. The molecule has 1 amide bonds. The number of carbonyl (C=O) groups is 1. The maximum Gasteiger partial charge on any atom is 0.225 e. The first kappa shape index (κ1) is 16.4. The molecule has 7 heteroatoms. The number of nitrogens with zero attached hydrogens (tertiary/aromatic N) is 4. The first-order chi connectivity index (χ1) is 11.1. The molecule has 1 aromatic heterocycles. The van der Waals surface area contributed by atoms with Crippen LogP contribution in [0.2, 0.25) is 0 Å². The van der Waals surface area contributed by atoms with Crippen LogP contribution >= 0.6 is 0 Å². The predicted molar refractivity (Wildman–Crippen MR) is 84.8 cm³/mol. The molecule has 128 valence electrons. The summed E-state index contributed by atoms with van der Waals surface area (Å²) in [6.07, 6.45) is 4.69. The minimum absolute atomic E-state index is 0.0147. The zero-order chi connectivity index (χ0) is 16.2. The fourth-order valence-electron chi connectivity index (χ4n) is 3.51. The fraction of sp³-hybridized carbons (Fsp3) is 0.750. The van der Waals surface area contributed by atoms with Gasteiger partial charge in [0.1, 0.15) is 11.9 Å². The lowest BCUT2D eigenvalue weighted by Gasteiger charge is -2.40. The largest absolute Gasteiger partial charge is 0.385 e. The Bertz CT molecular complexity index is 519. The van der Waals surface area contributed by atoms with Crippen molar-refractivity contribution in [2.45, 2.75) is 31.4 Å². The van der Waals surface area contributed by atoms with Crippen LogP contribution in [0.15, 0.2) is 12.4 Å². The van der Waals surface area contributed by atoms with Crippen molar-refractivity contribution < 1.29 is 14.6 Å². The molecule has 0 spiro atoms. The average molecular weight is 322 g/mol. The molecular weight excluding hydrogens is 296 g/mol. The summed E-state index contributed by atoms with van der Waals surface area (Å²) in [6, 6.07) is 0.558. The highest BCUT2D eigenvalue weighted by molar-refractivity contribution is 5.76. The second-order valence-electron chi connectivity index (χ2n) is 6.38. The smallest absolute Gasteiger partial charge is 0.225 e. The summed E-state index contributed by atoms with van der Waals surface area (Å²) >= 11 is 0. The molecule has 0 bridgehead atoms. The van der Waals surface area contributed by atoms with Crippen LogP contribution in [0.3, 0.4) is 0 Å². The number of ether oxygens (including phenoxy) is 1. The molecule has 1 aromatic rings. The van der Waals surface area contributed by atoms with Gasteiger partial charge in [0.15, 0.2) is 0 Å². The maximum atomic E-state index is 12.4. The molecule has 0 saturated carbocycles. The molecule has 1 N–H and O–H groups in total. The number of aryl methyl sites for hydroxylation is 1. The lowest BCUT2D eigenvalue weighted by molar-refractivity contribution is -0.135. The molecule has 2 aliphatic heterocycles. The predicted octanol–water partition coefficient (Wildman–Crippen LogP) is 0.167. The zero-order valence-corrected chi connectivity index (χ0v) is 13.7. The third kappa shape index (κ3) is 3.91. The van der Waals surface area contributed by atoms with Gasteiger partial charge < -0.3 is 19.3 Å². The molecule has 0 aromatic carbocycles. The molecule has 0 aliphatic carbocycles. The van der Waals surface area contributed by atoms with Crippen LogP contribution < -0.4 is 0 Å². The van der Waals surface area contributed by atoms with E-state index >= 15 is 0 Å². The molecule has 1 atom stereocenters. The van der Waals surface area contributed by atoms with Crippen LogP contribution in [0.4, 0.5) is 0 Å². The van der Waals surface area contributed by atoms with Gasteiger partial charge in [0.05, 0.1) is 19.6 Å². The maximum absolute atomic E-state index is 12.4. The Balaban J connectivity index is 1.47. The molecule has 3 rings (SSSR count). The topological polar surface area (TPSA) is 70.8 Å². The summed E-state index contributed by atoms with van der Waals surface area (Å²) in [6.45, 7) is 5.17. The number of piperidine rings is 1. The lowest BCUT2D eigenvalue weighted by Crippen LogP contribution is -2.50. The molecule has 7 nitrogen and oxygen atoms in total. The van der Waals surface area contributed by atoms with Crippen molar-refractivity contribution in [3.63, 3.8) is 0 Å². The highest BCUT2D eigenvalue weighted by Crippen LogP contribution is 2.21. The van der Waals surface area contributed by atoms with E-state index < -0.39 is 6.10 Å². The van der Waals surface area contributed by atoms with Gasteiger partial charge in [0.25, 0.3) is 0 Å². The quantitative estimate of drug-likeness (QED) is 0.855. The van der Waals surface area contributed by atoms with Gasteiger partial charge in [0, 0.05) is 51.7 Å². The average Bonchev–Trinajstić information content (AvgIpc) is 3.02. The molecule has 0 unspecified atom stereocenters. The first-order valence-electron chi connectivity index (χ1n) is 8.40. The van der Waals surface area contributed by atoms with Crippen LogP contribution in [0.25, 0.3) is 0 Å². The Hall–Kier alpha value is -1.44. The van der Waals surface area contributed by atoms with E-state index in [0.29, 0.717) is 11.9 Å². The highest BCUT2D eigenvalue weighted by Gasteiger charge is 2.29. The van der Waals surface area contributed by atoms with Gasteiger partial charge in [-0.25, -0.2) is 4.98 Å². The van der Waals surface area contributed by atoms with Gasteiger partial charge in [-0.3, -0.25) is 9.69 Å². The second-order valence-corrected chi connectivity index (χ2v) is 6.38. The monoisotopic (exact) mass is 322 g/mol. The van der Waals surface area contributed by atoms with Crippen molar-refractivity contribution in [2.24, 2.45) is 7.05 Å². The van der Waals surface area contributed by atoms with Crippen LogP contribution in [-0.4, -0.2) is 75.8 Å². The van der Waals surface area contributed by atoms with E-state index in [-0.39, 0.29) is 12.3 Å². The molecule has 2 fully saturated rings. The van der Waals surface area contributed by atoms with E-state index in [2.05, 4.69) is 9.88 Å². The lowest BCUT2D eigenvalue weighted by atomic mass is 10.0. The number of aliphatic hydroxyl groups is 1. The minimum atomic E-state index is -0.834. The van der Waals surface area contributed by atoms with Crippen molar-refractivity contribution in [3.8, 4) is 0 Å². The van der Waals surface area contributed by atoms with Crippen molar-refractivity contribution in [3.05, 3.63) is 18.2 Å². The number of aliphatic hydroxyl groups excluding tert-OH is 1. The number of hydrogen-bond donors (Lipinski definition) is 1. The number of imidazole rings is 1.